The molecular formula is C17H30N4. The summed E-state index contributed by atoms with van der Waals surface area (Å²) in [5, 5.41) is 12.3. The van der Waals surface area contributed by atoms with Gasteiger partial charge in [0.1, 0.15) is 0 Å². The minimum absolute atomic E-state index is 0.426. The average Bonchev–Trinajstić information content (AvgIpc) is 3.14. The van der Waals surface area contributed by atoms with Crippen molar-refractivity contribution in [3.63, 3.8) is 0 Å². The van der Waals surface area contributed by atoms with E-state index in [1.54, 1.807) is 0 Å². The van der Waals surface area contributed by atoms with Gasteiger partial charge in [0, 0.05) is 18.1 Å². The number of hydrogen-bond donors (Lipinski definition) is 2. The normalized spacial score (nSPS) is 29.5. The van der Waals surface area contributed by atoms with Gasteiger partial charge in [-0.3, -0.25) is 4.68 Å². The Balaban J connectivity index is 1.76. The van der Waals surface area contributed by atoms with Crippen LogP contribution in [0.2, 0.25) is 0 Å². The second kappa shape index (κ2) is 5.99. The van der Waals surface area contributed by atoms with E-state index in [-0.39, 0.29) is 0 Å². The lowest BCUT2D eigenvalue weighted by atomic mass is 9.93. The monoisotopic (exact) mass is 290 g/mol. The summed E-state index contributed by atoms with van der Waals surface area (Å²) in [6, 6.07) is 1.77. The third kappa shape index (κ3) is 2.83. The molecular weight excluding hydrogens is 260 g/mol. The Hall–Kier alpha value is -1.03. The molecule has 1 aromatic heterocycles. The van der Waals surface area contributed by atoms with Crippen LogP contribution in [0.5, 0.6) is 0 Å². The predicted octanol–water partition coefficient (Wildman–Crippen LogP) is 3.41. The van der Waals surface area contributed by atoms with Crippen molar-refractivity contribution in [3.8, 4) is 0 Å². The van der Waals surface area contributed by atoms with E-state index in [1.807, 2.05) is 0 Å². The molecule has 0 amide bonds. The van der Waals surface area contributed by atoms with Crippen LogP contribution in [0.25, 0.3) is 0 Å². The SMILES string of the molecule is Cc1nn(C(C)C)c(C)c1NC1CCCC1C1CCCN1. The zero-order chi connectivity index (χ0) is 15.0. The lowest BCUT2D eigenvalue weighted by molar-refractivity contribution is 0.376. The lowest BCUT2D eigenvalue weighted by Crippen LogP contribution is -2.38. The number of aryl methyl sites for hydroxylation is 1. The van der Waals surface area contributed by atoms with E-state index in [0.29, 0.717) is 12.1 Å². The minimum Gasteiger partial charge on any atom is -0.379 e. The summed E-state index contributed by atoms with van der Waals surface area (Å²) < 4.78 is 2.15. The second-order valence-corrected chi connectivity index (χ2v) is 7.13. The van der Waals surface area contributed by atoms with Gasteiger partial charge in [0.05, 0.1) is 17.1 Å². The van der Waals surface area contributed by atoms with Crippen molar-refractivity contribution in [1.82, 2.24) is 15.1 Å². The molecule has 3 atom stereocenters. The van der Waals surface area contributed by atoms with Crippen molar-refractivity contribution in [2.24, 2.45) is 5.92 Å². The maximum absolute atomic E-state index is 4.71. The third-order valence-corrected chi connectivity index (χ3v) is 5.33. The molecule has 1 aromatic rings. The molecule has 0 bridgehead atoms. The second-order valence-electron chi connectivity index (χ2n) is 7.13. The smallest absolute Gasteiger partial charge is 0.0828 e. The van der Waals surface area contributed by atoms with Crippen LogP contribution in [0.4, 0.5) is 5.69 Å². The van der Waals surface area contributed by atoms with E-state index in [9.17, 15) is 0 Å². The summed E-state index contributed by atoms with van der Waals surface area (Å²) in [7, 11) is 0. The molecule has 4 heteroatoms. The van der Waals surface area contributed by atoms with E-state index >= 15 is 0 Å². The summed E-state index contributed by atoms with van der Waals surface area (Å²) in [5.74, 6) is 0.786. The fourth-order valence-electron chi connectivity index (χ4n) is 4.29. The Morgan fingerprint density at radius 3 is 2.62 bits per heavy atom. The zero-order valence-corrected chi connectivity index (χ0v) is 13.9. The van der Waals surface area contributed by atoms with Gasteiger partial charge < -0.3 is 10.6 Å². The summed E-state index contributed by atoms with van der Waals surface area (Å²) >= 11 is 0. The van der Waals surface area contributed by atoms with Crippen molar-refractivity contribution >= 4 is 5.69 Å². The number of rotatable bonds is 4. The first-order chi connectivity index (χ1) is 10.1. The molecule has 0 radical (unpaired) electrons. The molecule has 2 N–H and O–H groups in total. The van der Waals surface area contributed by atoms with Crippen molar-refractivity contribution in [2.75, 3.05) is 11.9 Å². The molecule has 2 fully saturated rings. The Labute approximate surface area is 128 Å². The number of anilines is 1. The fourth-order valence-corrected chi connectivity index (χ4v) is 4.29. The van der Waals surface area contributed by atoms with Gasteiger partial charge in [0.15, 0.2) is 0 Å². The number of aromatic nitrogens is 2. The first-order valence-electron chi connectivity index (χ1n) is 8.63. The third-order valence-electron chi connectivity index (χ3n) is 5.33. The molecule has 3 rings (SSSR count). The fraction of sp³-hybridized carbons (Fsp3) is 0.824. The van der Waals surface area contributed by atoms with Crippen LogP contribution in [0, 0.1) is 19.8 Å². The Morgan fingerprint density at radius 2 is 2.00 bits per heavy atom. The van der Waals surface area contributed by atoms with E-state index < -0.39 is 0 Å². The van der Waals surface area contributed by atoms with Crippen molar-refractivity contribution in [1.29, 1.82) is 0 Å². The molecule has 1 aliphatic heterocycles. The number of nitrogens with zero attached hydrogens (tertiary/aromatic N) is 2. The highest BCUT2D eigenvalue weighted by Gasteiger charge is 2.35. The molecule has 118 valence electrons. The topological polar surface area (TPSA) is 41.9 Å². The van der Waals surface area contributed by atoms with Crippen LogP contribution in [0.1, 0.15) is 63.4 Å². The minimum atomic E-state index is 0.426. The van der Waals surface area contributed by atoms with Gasteiger partial charge in [0.2, 0.25) is 0 Å². The van der Waals surface area contributed by atoms with Gasteiger partial charge in [-0.1, -0.05) is 6.42 Å². The molecule has 4 nitrogen and oxygen atoms in total. The predicted molar refractivity (Wildman–Crippen MR) is 87.9 cm³/mol. The van der Waals surface area contributed by atoms with Crippen molar-refractivity contribution in [2.45, 2.75) is 77.9 Å². The van der Waals surface area contributed by atoms with E-state index in [2.05, 4.69) is 43.0 Å². The standard InChI is InChI=1S/C17H30N4/c1-11(2)21-13(4)17(12(3)20-21)19-16-8-5-7-14(16)15-9-6-10-18-15/h11,14-16,18-19H,5-10H2,1-4H3. The Kier molecular flexibility index (Phi) is 4.25. The molecule has 0 aromatic carbocycles. The molecule has 3 unspecified atom stereocenters. The first kappa shape index (κ1) is 14.9. The van der Waals surface area contributed by atoms with Gasteiger partial charge in [0.25, 0.3) is 0 Å². The number of nitrogens with one attached hydrogen (secondary N) is 2. The largest absolute Gasteiger partial charge is 0.379 e. The molecule has 21 heavy (non-hydrogen) atoms. The van der Waals surface area contributed by atoms with Crippen LogP contribution >= 0.6 is 0 Å². The highest BCUT2D eigenvalue weighted by molar-refractivity contribution is 5.53. The van der Waals surface area contributed by atoms with Gasteiger partial charge >= 0.3 is 0 Å². The summed E-state index contributed by atoms with van der Waals surface area (Å²) in [5.41, 5.74) is 3.71. The first-order valence-corrected chi connectivity index (χ1v) is 8.63. The van der Waals surface area contributed by atoms with Gasteiger partial charge in [-0.25, -0.2) is 0 Å². The van der Waals surface area contributed by atoms with E-state index in [1.165, 1.54) is 50.0 Å². The van der Waals surface area contributed by atoms with E-state index in [0.717, 1.165) is 17.7 Å². The van der Waals surface area contributed by atoms with Crippen LogP contribution in [0.15, 0.2) is 0 Å². The van der Waals surface area contributed by atoms with Gasteiger partial charge in [-0.05, 0) is 65.8 Å². The Bertz CT molecular complexity index is 485. The highest BCUT2D eigenvalue weighted by Crippen LogP contribution is 2.35. The highest BCUT2D eigenvalue weighted by atomic mass is 15.3. The molecule has 2 aliphatic rings. The zero-order valence-electron chi connectivity index (χ0n) is 13.9. The molecule has 1 saturated carbocycles. The van der Waals surface area contributed by atoms with Crippen LogP contribution in [-0.4, -0.2) is 28.4 Å². The van der Waals surface area contributed by atoms with Crippen LogP contribution in [0.3, 0.4) is 0 Å². The van der Waals surface area contributed by atoms with Crippen LogP contribution < -0.4 is 10.6 Å². The van der Waals surface area contributed by atoms with Crippen molar-refractivity contribution < 1.29 is 0 Å². The van der Waals surface area contributed by atoms with Crippen LogP contribution in [-0.2, 0) is 0 Å². The maximum atomic E-state index is 4.71. The average molecular weight is 290 g/mol. The van der Waals surface area contributed by atoms with Gasteiger partial charge in [-0.15, -0.1) is 0 Å². The van der Waals surface area contributed by atoms with Crippen molar-refractivity contribution in [3.05, 3.63) is 11.4 Å². The number of hydrogen-bond acceptors (Lipinski definition) is 3. The molecule has 1 saturated heterocycles. The van der Waals surface area contributed by atoms with E-state index in [4.69, 9.17) is 5.10 Å². The quantitative estimate of drug-likeness (QED) is 0.893. The summed E-state index contributed by atoms with van der Waals surface area (Å²) in [6.45, 7) is 9.93. The summed E-state index contributed by atoms with van der Waals surface area (Å²) in [4.78, 5) is 0. The lowest BCUT2D eigenvalue weighted by Gasteiger charge is -2.27. The molecule has 1 aliphatic carbocycles. The molecule has 2 heterocycles. The Morgan fingerprint density at radius 1 is 1.19 bits per heavy atom. The van der Waals surface area contributed by atoms with Gasteiger partial charge in [-0.2, -0.15) is 5.10 Å². The molecule has 0 spiro atoms. The summed E-state index contributed by atoms with van der Waals surface area (Å²) in [6.07, 6.45) is 6.72. The maximum Gasteiger partial charge on any atom is 0.0828 e.